The van der Waals surface area contributed by atoms with Gasteiger partial charge in [0.1, 0.15) is 17.4 Å². The summed E-state index contributed by atoms with van der Waals surface area (Å²) in [6.45, 7) is 0.593. The highest BCUT2D eigenvalue weighted by Gasteiger charge is 2.30. The van der Waals surface area contributed by atoms with Crippen LogP contribution >= 0.6 is 0 Å². The molecule has 1 amide bonds. The fourth-order valence-corrected chi connectivity index (χ4v) is 4.26. The molecule has 0 radical (unpaired) electrons. The molecule has 1 unspecified atom stereocenters. The molecular formula is C24H26FN3O5. The smallest absolute Gasteiger partial charge is 0.296 e. The van der Waals surface area contributed by atoms with Crippen LogP contribution in [0.3, 0.4) is 0 Å². The van der Waals surface area contributed by atoms with E-state index in [0.717, 1.165) is 6.42 Å². The fourth-order valence-electron chi connectivity index (χ4n) is 4.26. The minimum atomic E-state index is -0.685. The summed E-state index contributed by atoms with van der Waals surface area (Å²) in [5, 5.41) is 10.5. The highest BCUT2D eigenvalue weighted by Crippen LogP contribution is 2.29. The summed E-state index contributed by atoms with van der Waals surface area (Å²) in [5.41, 5.74) is -0.356. The maximum atomic E-state index is 13.7. The summed E-state index contributed by atoms with van der Waals surface area (Å²) in [6.07, 6.45) is 5.78. The molecule has 3 heterocycles. The summed E-state index contributed by atoms with van der Waals surface area (Å²) in [4.78, 5) is 44.6. The van der Waals surface area contributed by atoms with Gasteiger partial charge in [0.2, 0.25) is 11.7 Å². The van der Waals surface area contributed by atoms with Gasteiger partial charge in [-0.2, -0.15) is 0 Å². The van der Waals surface area contributed by atoms with Crippen LogP contribution in [0.25, 0.3) is 0 Å². The second-order valence-electron chi connectivity index (χ2n) is 8.30. The lowest BCUT2D eigenvalue weighted by atomic mass is 10.0. The number of carbonyl (C=O) groups excluding carboxylic acids is 2. The van der Waals surface area contributed by atoms with Crippen molar-refractivity contribution in [3.63, 3.8) is 0 Å². The average Bonchev–Trinajstić information content (AvgIpc) is 3.01. The Morgan fingerprint density at radius 2 is 2.00 bits per heavy atom. The molecular weight excluding hydrogens is 429 g/mol. The molecule has 1 atom stereocenters. The van der Waals surface area contributed by atoms with Crippen molar-refractivity contribution in [1.82, 2.24) is 14.5 Å². The number of hydrogen-bond donors (Lipinski definition) is 1. The number of aryl methyl sites for hydroxylation is 1. The predicted octanol–water partition coefficient (Wildman–Crippen LogP) is 2.93. The van der Waals surface area contributed by atoms with Crippen molar-refractivity contribution in [1.29, 1.82) is 0 Å². The molecule has 33 heavy (non-hydrogen) atoms. The van der Waals surface area contributed by atoms with E-state index in [1.54, 1.807) is 19.2 Å². The standard InChI is InChI=1S/C24H26FN3O5/c1-27-17-6-2-4-12-28-23(17)26-21(22(31)24(28)32)18(29)11-9-15-8-10-16(25)14-19(15)33-13-5-3-7-20(27)30/h3,7-8,10,14,17,31H,2,4-6,9,11-13H2,1H3/b7-3+. The first kappa shape index (κ1) is 22.7. The molecule has 9 heteroatoms. The summed E-state index contributed by atoms with van der Waals surface area (Å²) in [5.74, 6) is -1.32. The molecule has 1 aromatic carbocycles. The fraction of sp³-hybridized carbons (Fsp3) is 0.417. The summed E-state index contributed by atoms with van der Waals surface area (Å²) >= 11 is 0. The molecule has 1 N–H and O–H groups in total. The molecule has 4 rings (SSSR count). The predicted molar refractivity (Wildman–Crippen MR) is 118 cm³/mol. The lowest BCUT2D eigenvalue weighted by Gasteiger charge is -2.27. The van der Waals surface area contributed by atoms with Crippen molar-refractivity contribution in [2.24, 2.45) is 0 Å². The van der Waals surface area contributed by atoms with Crippen LogP contribution in [0.2, 0.25) is 0 Å². The Labute approximate surface area is 190 Å². The van der Waals surface area contributed by atoms with Gasteiger partial charge in [0, 0.05) is 26.1 Å². The van der Waals surface area contributed by atoms with Crippen molar-refractivity contribution in [2.45, 2.75) is 51.1 Å². The summed E-state index contributed by atoms with van der Waals surface area (Å²) in [6, 6.07) is 3.58. The molecule has 174 valence electrons. The average molecular weight is 455 g/mol. The van der Waals surface area contributed by atoms with Crippen molar-refractivity contribution < 1.29 is 23.8 Å². The van der Waals surface area contributed by atoms with Crippen LogP contribution in [0, 0.1) is 5.82 Å². The third-order valence-corrected chi connectivity index (χ3v) is 6.11. The molecule has 0 saturated heterocycles. The quantitative estimate of drug-likeness (QED) is 0.656. The Bertz CT molecular complexity index is 1170. The van der Waals surface area contributed by atoms with Crippen LogP contribution in [-0.2, 0) is 17.8 Å². The molecule has 2 aliphatic rings. The van der Waals surface area contributed by atoms with Crippen LogP contribution in [0.5, 0.6) is 11.5 Å². The first-order valence-corrected chi connectivity index (χ1v) is 11.1. The second-order valence-corrected chi connectivity index (χ2v) is 8.30. The van der Waals surface area contributed by atoms with Crippen LogP contribution in [-0.4, -0.2) is 44.9 Å². The third kappa shape index (κ3) is 4.67. The van der Waals surface area contributed by atoms with E-state index in [0.29, 0.717) is 42.9 Å². The monoisotopic (exact) mass is 455 g/mol. The summed E-state index contributed by atoms with van der Waals surface area (Å²) in [7, 11) is 1.63. The number of carbonyl (C=O) groups is 2. The Hall–Kier alpha value is -3.49. The van der Waals surface area contributed by atoms with Crippen LogP contribution in [0.15, 0.2) is 35.1 Å². The maximum absolute atomic E-state index is 13.7. The number of rotatable bonds is 0. The Kier molecular flexibility index (Phi) is 6.57. The number of Topliss-reactive ketones (excluding diaryl/α,β-unsaturated/α-hetero) is 1. The van der Waals surface area contributed by atoms with Crippen molar-refractivity contribution in [2.75, 3.05) is 13.7 Å². The van der Waals surface area contributed by atoms with Gasteiger partial charge in [0.15, 0.2) is 11.5 Å². The van der Waals surface area contributed by atoms with Crippen LogP contribution < -0.4 is 10.3 Å². The van der Waals surface area contributed by atoms with E-state index >= 15 is 0 Å². The number of amides is 1. The van der Waals surface area contributed by atoms with E-state index in [9.17, 15) is 23.9 Å². The van der Waals surface area contributed by atoms with Gasteiger partial charge in [-0.1, -0.05) is 12.1 Å². The van der Waals surface area contributed by atoms with Gasteiger partial charge in [-0.25, -0.2) is 9.37 Å². The Balaban J connectivity index is 1.80. The van der Waals surface area contributed by atoms with Crippen molar-refractivity contribution in [3.05, 3.63) is 63.6 Å². The summed E-state index contributed by atoms with van der Waals surface area (Å²) < 4.78 is 20.8. The number of aromatic nitrogens is 2. The molecule has 0 fully saturated rings. The second kappa shape index (κ2) is 9.56. The maximum Gasteiger partial charge on any atom is 0.296 e. The van der Waals surface area contributed by atoms with E-state index in [-0.39, 0.29) is 31.0 Å². The van der Waals surface area contributed by atoms with E-state index in [1.807, 2.05) is 0 Å². The molecule has 8 nitrogen and oxygen atoms in total. The topological polar surface area (TPSA) is 102 Å². The minimum absolute atomic E-state index is 0.0508. The number of likely N-dealkylation sites (N-methyl/N-ethyl adjacent to an activating group) is 1. The zero-order chi connectivity index (χ0) is 23.5. The molecule has 2 aliphatic heterocycles. The third-order valence-electron chi connectivity index (χ3n) is 6.11. The van der Waals surface area contributed by atoms with Crippen LogP contribution in [0.4, 0.5) is 4.39 Å². The van der Waals surface area contributed by atoms with E-state index in [2.05, 4.69) is 4.98 Å². The van der Waals surface area contributed by atoms with Crippen LogP contribution in [0.1, 0.15) is 60.0 Å². The SMILES string of the molecule is CN1C(=O)/C=C/CCOc2cc(F)ccc2CCC(=O)c2nc3n(c(=O)c2O)CCCCC31. The highest BCUT2D eigenvalue weighted by molar-refractivity contribution is 5.96. The first-order chi connectivity index (χ1) is 15.9. The van der Waals surface area contributed by atoms with Gasteiger partial charge in [-0.15, -0.1) is 0 Å². The van der Waals surface area contributed by atoms with Crippen molar-refractivity contribution >= 4 is 11.7 Å². The number of benzene rings is 1. The normalized spacial score (nSPS) is 20.5. The highest BCUT2D eigenvalue weighted by atomic mass is 19.1. The van der Waals surface area contributed by atoms with Crippen molar-refractivity contribution in [3.8, 4) is 11.5 Å². The lowest BCUT2D eigenvalue weighted by molar-refractivity contribution is -0.127. The number of ketones is 1. The number of ether oxygens (including phenoxy) is 1. The largest absolute Gasteiger partial charge is 0.501 e. The molecule has 1 aromatic heterocycles. The Morgan fingerprint density at radius 1 is 1.18 bits per heavy atom. The van der Waals surface area contributed by atoms with Gasteiger partial charge in [-0.05, 0) is 49.8 Å². The van der Waals surface area contributed by atoms with Gasteiger partial charge < -0.3 is 14.7 Å². The van der Waals surface area contributed by atoms with E-state index in [4.69, 9.17) is 4.74 Å². The van der Waals surface area contributed by atoms with Gasteiger partial charge in [-0.3, -0.25) is 19.0 Å². The zero-order valence-electron chi connectivity index (χ0n) is 18.4. The van der Waals surface area contributed by atoms with E-state index in [1.165, 1.54) is 27.7 Å². The molecule has 0 aliphatic carbocycles. The van der Waals surface area contributed by atoms with Gasteiger partial charge in [0.25, 0.3) is 5.56 Å². The number of halogens is 1. The van der Waals surface area contributed by atoms with E-state index < -0.39 is 29.0 Å². The first-order valence-electron chi connectivity index (χ1n) is 11.1. The molecule has 0 spiro atoms. The lowest BCUT2D eigenvalue weighted by Crippen LogP contribution is -2.35. The Morgan fingerprint density at radius 3 is 2.82 bits per heavy atom. The zero-order valence-corrected chi connectivity index (χ0v) is 18.4. The minimum Gasteiger partial charge on any atom is -0.501 e. The number of aromatic hydroxyl groups is 1. The number of nitrogens with zero attached hydrogens (tertiary/aromatic N) is 3. The number of hydrogen-bond acceptors (Lipinski definition) is 6. The van der Waals surface area contributed by atoms with Gasteiger partial charge >= 0.3 is 0 Å². The molecule has 2 bridgehead atoms. The van der Waals surface area contributed by atoms with Gasteiger partial charge in [0.05, 0.1) is 12.6 Å². The molecule has 0 saturated carbocycles. The molecule has 2 aromatic rings. The number of fused-ring (bicyclic) bond motifs is 2.